The first kappa shape index (κ1) is 11.7. The summed E-state index contributed by atoms with van der Waals surface area (Å²) in [6.07, 6.45) is 0.948. The molecule has 1 heterocycles. The van der Waals surface area contributed by atoms with E-state index in [0.29, 0.717) is 12.3 Å². The van der Waals surface area contributed by atoms with Gasteiger partial charge in [-0.1, -0.05) is 0 Å². The smallest absolute Gasteiger partial charge is 0.356 e. The molecule has 0 aromatic carbocycles. The Labute approximate surface area is 88.7 Å². The van der Waals surface area contributed by atoms with E-state index in [4.69, 9.17) is 4.74 Å². The van der Waals surface area contributed by atoms with Crippen molar-refractivity contribution >= 4 is 5.97 Å². The topological polar surface area (TPSA) is 64.3 Å². The van der Waals surface area contributed by atoms with Gasteiger partial charge in [-0.05, 0) is 26.8 Å². The molecule has 5 nitrogen and oxygen atoms in total. The van der Waals surface area contributed by atoms with E-state index < -0.39 is 12.1 Å². The third kappa shape index (κ3) is 2.56. The van der Waals surface area contributed by atoms with Gasteiger partial charge in [0.15, 0.2) is 0 Å². The molecule has 1 aromatic heterocycles. The van der Waals surface area contributed by atoms with Crippen LogP contribution in [0.4, 0.5) is 0 Å². The number of ether oxygens (including phenoxy) is 1. The predicted molar refractivity (Wildman–Crippen MR) is 54.6 cm³/mol. The fourth-order valence-electron chi connectivity index (χ4n) is 1.21. The van der Waals surface area contributed by atoms with E-state index in [0.717, 1.165) is 0 Å². The summed E-state index contributed by atoms with van der Waals surface area (Å²) in [5.74, 6) is -0.414. The number of nitrogens with zero attached hydrogens (tertiary/aromatic N) is 2. The Morgan fingerprint density at radius 2 is 2.33 bits per heavy atom. The number of esters is 1. The fraction of sp³-hybridized carbons (Fsp3) is 0.600. The zero-order chi connectivity index (χ0) is 11.4. The highest BCUT2D eigenvalue weighted by Gasteiger charge is 2.19. The highest BCUT2D eigenvalue weighted by Crippen LogP contribution is 2.13. The van der Waals surface area contributed by atoms with E-state index in [1.807, 2.05) is 0 Å². The van der Waals surface area contributed by atoms with E-state index in [1.165, 1.54) is 10.9 Å². The number of aromatic nitrogens is 2. The Bertz CT molecular complexity index is 333. The minimum absolute atomic E-state index is 0.251. The molecule has 2 atom stereocenters. The summed E-state index contributed by atoms with van der Waals surface area (Å²) in [5, 5.41) is 13.4. The van der Waals surface area contributed by atoms with Crippen LogP contribution in [0.25, 0.3) is 0 Å². The molecule has 0 radical (unpaired) electrons. The summed E-state index contributed by atoms with van der Waals surface area (Å²) in [6.45, 7) is 5.52. The van der Waals surface area contributed by atoms with Crippen molar-refractivity contribution in [2.75, 3.05) is 6.61 Å². The van der Waals surface area contributed by atoms with Gasteiger partial charge in [-0.2, -0.15) is 5.10 Å². The van der Waals surface area contributed by atoms with Gasteiger partial charge in [0.1, 0.15) is 5.69 Å². The summed E-state index contributed by atoms with van der Waals surface area (Å²) in [7, 11) is 0. The lowest BCUT2D eigenvalue weighted by atomic mass is 10.2. The van der Waals surface area contributed by atoms with Gasteiger partial charge in [0.2, 0.25) is 0 Å². The van der Waals surface area contributed by atoms with Crippen molar-refractivity contribution in [3.63, 3.8) is 0 Å². The molecule has 1 N–H and O–H groups in total. The van der Waals surface area contributed by atoms with Gasteiger partial charge in [0, 0.05) is 6.20 Å². The van der Waals surface area contributed by atoms with Gasteiger partial charge in [0.25, 0.3) is 0 Å². The highest BCUT2D eigenvalue weighted by molar-refractivity contribution is 5.87. The molecule has 84 valence electrons. The lowest BCUT2D eigenvalue weighted by molar-refractivity contribution is 0.0499. The normalized spacial score (nSPS) is 14.7. The molecule has 0 aliphatic carbocycles. The number of hydrogen-bond acceptors (Lipinski definition) is 4. The summed E-state index contributed by atoms with van der Waals surface area (Å²) in [4.78, 5) is 11.5. The van der Waals surface area contributed by atoms with Gasteiger partial charge in [0.05, 0.1) is 18.8 Å². The van der Waals surface area contributed by atoms with Gasteiger partial charge >= 0.3 is 5.97 Å². The molecule has 1 aromatic rings. The highest BCUT2D eigenvalue weighted by atomic mass is 16.5. The SMILES string of the molecule is CCOC(=O)c1ccnn1C(C)[C@@H](C)O. The maximum atomic E-state index is 11.5. The fourth-order valence-corrected chi connectivity index (χ4v) is 1.21. The first-order valence-electron chi connectivity index (χ1n) is 4.96. The summed E-state index contributed by atoms with van der Waals surface area (Å²) >= 11 is 0. The number of aliphatic hydroxyl groups excluding tert-OH is 1. The zero-order valence-electron chi connectivity index (χ0n) is 9.17. The Balaban J connectivity index is 2.91. The molecule has 0 amide bonds. The zero-order valence-corrected chi connectivity index (χ0v) is 9.17. The maximum absolute atomic E-state index is 11.5. The van der Waals surface area contributed by atoms with Gasteiger partial charge in [-0.15, -0.1) is 0 Å². The Kier molecular flexibility index (Phi) is 3.85. The lowest BCUT2D eigenvalue weighted by Crippen LogP contribution is -2.23. The van der Waals surface area contributed by atoms with Crippen LogP contribution in [0, 0.1) is 0 Å². The third-order valence-corrected chi connectivity index (χ3v) is 2.24. The predicted octanol–water partition coefficient (Wildman–Crippen LogP) is 1.00. The second-order valence-corrected chi connectivity index (χ2v) is 3.36. The average molecular weight is 212 g/mol. The number of rotatable bonds is 4. The Morgan fingerprint density at radius 3 is 2.87 bits per heavy atom. The van der Waals surface area contributed by atoms with Crippen LogP contribution in [0.5, 0.6) is 0 Å². The van der Waals surface area contributed by atoms with Crippen molar-refractivity contribution in [3.8, 4) is 0 Å². The monoisotopic (exact) mass is 212 g/mol. The van der Waals surface area contributed by atoms with Crippen LogP contribution in [0.1, 0.15) is 37.3 Å². The second-order valence-electron chi connectivity index (χ2n) is 3.36. The van der Waals surface area contributed by atoms with Crippen LogP contribution >= 0.6 is 0 Å². The number of aliphatic hydroxyl groups is 1. The van der Waals surface area contributed by atoms with Crippen LogP contribution in [0.15, 0.2) is 12.3 Å². The molecular weight excluding hydrogens is 196 g/mol. The van der Waals surface area contributed by atoms with Crippen molar-refractivity contribution < 1.29 is 14.6 Å². The first-order valence-corrected chi connectivity index (χ1v) is 4.96. The molecular formula is C10H16N2O3. The van der Waals surface area contributed by atoms with E-state index in [1.54, 1.807) is 26.8 Å². The summed E-state index contributed by atoms with van der Waals surface area (Å²) < 4.78 is 6.35. The molecule has 5 heteroatoms. The molecule has 0 bridgehead atoms. The van der Waals surface area contributed by atoms with Crippen LogP contribution < -0.4 is 0 Å². The van der Waals surface area contributed by atoms with Gasteiger partial charge in [-0.3, -0.25) is 4.68 Å². The van der Waals surface area contributed by atoms with Crippen LogP contribution in [0.3, 0.4) is 0 Å². The largest absolute Gasteiger partial charge is 0.461 e. The lowest BCUT2D eigenvalue weighted by Gasteiger charge is -2.17. The Morgan fingerprint density at radius 1 is 1.67 bits per heavy atom. The van der Waals surface area contributed by atoms with Crippen molar-refractivity contribution in [2.24, 2.45) is 0 Å². The average Bonchev–Trinajstić information content (AvgIpc) is 2.65. The van der Waals surface area contributed by atoms with Crippen molar-refractivity contribution in [2.45, 2.75) is 32.9 Å². The number of hydrogen-bond donors (Lipinski definition) is 1. The van der Waals surface area contributed by atoms with Gasteiger partial charge < -0.3 is 9.84 Å². The molecule has 0 fully saturated rings. The van der Waals surface area contributed by atoms with Crippen molar-refractivity contribution in [1.82, 2.24) is 9.78 Å². The van der Waals surface area contributed by atoms with E-state index >= 15 is 0 Å². The van der Waals surface area contributed by atoms with Gasteiger partial charge in [-0.25, -0.2) is 4.79 Å². The molecule has 1 unspecified atom stereocenters. The minimum Gasteiger partial charge on any atom is -0.461 e. The molecule has 0 spiro atoms. The summed E-state index contributed by atoms with van der Waals surface area (Å²) in [6, 6.07) is 1.33. The van der Waals surface area contributed by atoms with E-state index in [2.05, 4.69) is 5.10 Å². The van der Waals surface area contributed by atoms with E-state index in [9.17, 15) is 9.90 Å². The first-order chi connectivity index (χ1) is 7.07. The Hall–Kier alpha value is -1.36. The number of carbonyl (C=O) groups is 1. The third-order valence-electron chi connectivity index (χ3n) is 2.24. The molecule has 0 aliphatic heterocycles. The minimum atomic E-state index is -0.571. The summed E-state index contributed by atoms with van der Waals surface area (Å²) in [5.41, 5.74) is 0.366. The standard InChI is InChI=1S/C10H16N2O3/c1-4-15-10(14)9-5-6-11-12(9)7(2)8(3)13/h5-8,13H,4H2,1-3H3/t7?,8-/m1/s1. The molecule has 15 heavy (non-hydrogen) atoms. The van der Waals surface area contributed by atoms with E-state index in [-0.39, 0.29) is 6.04 Å². The van der Waals surface area contributed by atoms with Crippen LogP contribution in [-0.2, 0) is 4.74 Å². The number of carbonyl (C=O) groups excluding carboxylic acids is 1. The van der Waals surface area contributed by atoms with Crippen LogP contribution in [-0.4, -0.2) is 33.6 Å². The second kappa shape index (κ2) is 4.93. The van der Waals surface area contributed by atoms with Crippen LogP contribution in [0.2, 0.25) is 0 Å². The molecule has 0 saturated heterocycles. The quantitative estimate of drug-likeness (QED) is 0.756. The van der Waals surface area contributed by atoms with Crippen molar-refractivity contribution in [1.29, 1.82) is 0 Å². The maximum Gasteiger partial charge on any atom is 0.356 e. The molecule has 0 saturated carbocycles. The van der Waals surface area contributed by atoms with Crippen molar-refractivity contribution in [3.05, 3.63) is 18.0 Å². The molecule has 0 aliphatic rings. The molecule has 1 rings (SSSR count).